The van der Waals surface area contributed by atoms with E-state index in [1.165, 1.54) is 7.11 Å². The van der Waals surface area contributed by atoms with Gasteiger partial charge in [-0.3, -0.25) is 4.79 Å². The number of hydrogen-bond donors (Lipinski definition) is 1. The Balaban J connectivity index is 2.05. The Morgan fingerprint density at radius 2 is 2.35 bits per heavy atom. The molecule has 17 heavy (non-hydrogen) atoms. The van der Waals surface area contributed by atoms with Gasteiger partial charge in [-0.1, -0.05) is 6.07 Å². The fourth-order valence-electron chi connectivity index (χ4n) is 1.49. The van der Waals surface area contributed by atoms with Gasteiger partial charge in [0.2, 0.25) is 5.95 Å². The summed E-state index contributed by atoms with van der Waals surface area (Å²) in [5.41, 5.74) is 1.79. The van der Waals surface area contributed by atoms with Crippen molar-refractivity contribution in [3.05, 3.63) is 23.9 Å². The van der Waals surface area contributed by atoms with Crippen LogP contribution in [0.1, 0.15) is 12.1 Å². The van der Waals surface area contributed by atoms with E-state index < -0.39 is 0 Å². The fourth-order valence-corrected chi connectivity index (χ4v) is 1.49. The smallest absolute Gasteiger partial charge is 0.307 e. The first-order chi connectivity index (χ1) is 8.20. The van der Waals surface area contributed by atoms with Gasteiger partial charge >= 0.3 is 5.97 Å². The second kappa shape index (κ2) is 4.82. The molecule has 0 aromatic carbocycles. The molecule has 1 N–H and O–H groups in total. The number of aromatic nitrogens is 3. The lowest BCUT2D eigenvalue weighted by Crippen LogP contribution is -2.10. The minimum atomic E-state index is -0.252. The molecule has 0 aliphatic rings. The molecular weight excluding hydrogens is 220 g/mol. The van der Waals surface area contributed by atoms with Crippen LogP contribution in [-0.4, -0.2) is 34.2 Å². The number of methoxy groups -OCH3 is 1. The summed E-state index contributed by atoms with van der Waals surface area (Å²) in [4.78, 5) is 15.2. The molecule has 6 nitrogen and oxygen atoms in total. The third-order valence-electron chi connectivity index (χ3n) is 2.39. The second-order valence-electron chi connectivity index (χ2n) is 3.63. The van der Waals surface area contributed by atoms with Crippen molar-refractivity contribution in [3.8, 4) is 0 Å². The molecule has 2 aromatic heterocycles. The molecule has 0 atom stereocenters. The Kier molecular flexibility index (Phi) is 3.22. The number of rotatable bonds is 4. The molecular formula is C11H14N4O2. The lowest BCUT2D eigenvalue weighted by Gasteiger charge is -1.99. The number of pyridine rings is 1. The van der Waals surface area contributed by atoms with Gasteiger partial charge in [-0.05, 0) is 19.1 Å². The standard InChI is InChI=1S/C11H14N4O2/c1-8-4-3-5-9-13-11(14-15(8)9)12-7-6-10(16)17-2/h3-5H,6-7H2,1-2H3,(H,12,14). The molecule has 0 bridgehead atoms. The van der Waals surface area contributed by atoms with Crippen LogP contribution >= 0.6 is 0 Å². The molecule has 2 heterocycles. The number of nitrogens with one attached hydrogen (secondary N) is 1. The largest absolute Gasteiger partial charge is 0.469 e. The first-order valence-corrected chi connectivity index (χ1v) is 5.34. The van der Waals surface area contributed by atoms with Gasteiger partial charge in [-0.15, -0.1) is 5.10 Å². The quantitative estimate of drug-likeness (QED) is 0.800. The molecule has 0 saturated carbocycles. The van der Waals surface area contributed by atoms with Gasteiger partial charge in [0, 0.05) is 12.2 Å². The van der Waals surface area contributed by atoms with Crippen molar-refractivity contribution in [1.82, 2.24) is 14.6 Å². The average Bonchev–Trinajstić information content (AvgIpc) is 2.73. The SMILES string of the molecule is COC(=O)CCNc1nc2cccc(C)n2n1. The maximum atomic E-state index is 10.9. The summed E-state index contributed by atoms with van der Waals surface area (Å²) in [6.07, 6.45) is 0.297. The lowest BCUT2D eigenvalue weighted by molar-refractivity contribution is -0.140. The molecule has 0 aliphatic carbocycles. The summed E-state index contributed by atoms with van der Waals surface area (Å²) in [5, 5.41) is 7.26. The highest BCUT2D eigenvalue weighted by atomic mass is 16.5. The summed E-state index contributed by atoms with van der Waals surface area (Å²) in [6, 6.07) is 5.77. The van der Waals surface area contributed by atoms with Gasteiger partial charge in [0.25, 0.3) is 0 Å². The topological polar surface area (TPSA) is 68.5 Å². The summed E-state index contributed by atoms with van der Waals surface area (Å²) in [6.45, 7) is 2.42. The van der Waals surface area contributed by atoms with Crippen molar-refractivity contribution in [1.29, 1.82) is 0 Å². The second-order valence-corrected chi connectivity index (χ2v) is 3.63. The summed E-state index contributed by atoms with van der Waals surface area (Å²) >= 11 is 0. The zero-order chi connectivity index (χ0) is 12.3. The van der Waals surface area contributed by atoms with Gasteiger partial charge < -0.3 is 10.1 Å². The van der Waals surface area contributed by atoms with E-state index in [-0.39, 0.29) is 5.97 Å². The van der Waals surface area contributed by atoms with Crippen LogP contribution in [0.3, 0.4) is 0 Å². The molecule has 6 heteroatoms. The Morgan fingerprint density at radius 1 is 1.53 bits per heavy atom. The molecule has 2 aromatic rings. The van der Waals surface area contributed by atoms with Gasteiger partial charge in [-0.2, -0.15) is 4.98 Å². The highest BCUT2D eigenvalue weighted by Gasteiger charge is 2.05. The third-order valence-corrected chi connectivity index (χ3v) is 2.39. The molecule has 0 aliphatic heterocycles. The van der Waals surface area contributed by atoms with Crippen molar-refractivity contribution in [2.24, 2.45) is 0 Å². The number of carbonyl (C=O) groups excluding carboxylic acids is 1. The van der Waals surface area contributed by atoms with E-state index in [2.05, 4.69) is 20.1 Å². The number of anilines is 1. The predicted molar refractivity (Wildman–Crippen MR) is 62.8 cm³/mol. The van der Waals surface area contributed by atoms with Crippen molar-refractivity contribution < 1.29 is 9.53 Å². The number of carbonyl (C=O) groups is 1. The molecule has 90 valence electrons. The minimum absolute atomic E-state index is 0.252. The van der Waals surface area contributed by atoms with Crippen LogP contribution in [0.4, 0.5) is 5.95 Å². The van der Waals surface area contributed by atoms with E-state index in [0.717, 1.165) is 11.3 Å². The van der Waals surface area contributed by atoms with Crippen molar-refractivity contribution in [2.45, 2.75) is 13.3 Å². The van der Waals surface area contributed by atoms with Gasteiger partial charge in [0.15, 0.2) is 5.65 Å². The first-order valence-electron chi connectivity index (χ1n) is 5.34. The van der Waals surface area contributed by atoms with E-state index in [4.69, 9.17) is 0 Å². The highest BCUT2D eigenvalue weighted by Crippen LogP contribution is 2.07. The number of nitrogens with zero attached hydrogens (tertiary/aromatic N) is 3. The monoisotopic (exact) mass is 234 g/mol. The number of ether oxygens (including phenoxy) is 1. The van der Waals surface area contributed by atoms with E-state index >= 15 is 0 Å². The average molecular weight is 234 g/mol. The van der Waals surface area contributed by atoms with E-state index in [0.29, 0.717) is 18.9 Å². The van der Waals surface area contributed by atoms with Gasteiger partial charge in [0.05, 0.1) is 13.5 Å². The van der Waals surface area contributed by atoms with Crippen LogP contribution in [0.15, 0.2) is 18.2 Å². The molecule has 0 spiro atoms. The number of hydrogen-bond acceptors (Lipinski definition) is 5. The van der Waals surface area contributed by atoms with Crippen LogP contribution in [0.2, 0.25) is 0 Å². The first kappa shape index (κ1) is 11.4. The van der Waals surface area contributed by atoms with Crippen molar-refractivity contribution >= 4 is 17.6 Å². The maximum Gasteiger partial charge on any atom is 0.307 e. The minimum Gasteiger partial charge on any atom is -0.469 e. The summed E-state index contributed by atoms with van der Waals surface area (Å²) in [7, 11) is 1.37. The fraction of sp³-hybridized carbons (Fsp3) is 0.364. The molecule has 0 fully saturated rings. The van der Waals surface area contributed by atoms with Crippen LogP contribution in [0, 0.1) is 6.92 Å². The zero-order valence-electron chi connectivity index (χ0n) is 9.80. The molecule has 2 rings (SSSR count). The zero-order valence-corrected chi connectivity index (χ0v) is 9.80. The van der Waals surface area contributed by atoms with E-state index in [1.54, 1.807) is 4.52 Å². The maximum absolute atomic E-state index is 10.9. The Bertz CT molecular complexity index is 535. The highest BCUT2D eigenvalue weighted by molar-refractivity contribution is 5.69. The number of aryl methyl sites for hydroxylation is 1. The molecule has 0 saturated heterocycles. The number of esters is 1. The summed E-state index contributed by atoms with van der Waals surface area (Å²) in [5.74, 6) is 0.264. The number of fused-ring (bicyclic) bond motifs is 1. The normalized spacial score (nSPS) is 10.5. The predicted octanol–water partition coefficient (Wildman–Crippen LogP) is 1.01. The van der Waals surface area contributed by atoms with Gasteiger partial charge in [0.1, 0.15) is 0 Å². The van der Waals surface area contributed by atoms with Crippen LogP contribution in [0.5, 0.6) is 0 Å². The van der Waals surface area contributed by atoms with E-state index in [1.807, 2.05) is 25.1 Å². The molecule has 0 unspecified atom stereocenters. The van der Waals surface area contributed by atoms with Crippen molar-refractivity contribution in [2.75, 3.05) is 19.0 Å². The van der Waals surface area contributed by atoms with E-state index in [9.17, 15) is 4.79 Å². The Hall–Kier alpha value is -2.11. The van der Waals surface area contributed by atoms with Gasteiger partial charge in [-0.25, -0.2) is 4.52 Å². The molecule has 0 amide bonds. The van der Waals surface area contributed by atoms with Crippen LogP contribution in [0.25, 0.3) is 5.65 Å². The third kappa shape index (κ3) is 2.52. The summed E-state index contributed by atoms with van der Waals surface area (Å²) < 4.78 is 6.29. The van der Waals surface area contributed by atoms with Crippen molar-refractivity contribution in [3.63, 3.8) is 0 Å². The molecule has 0 radical (unpaired) electrons. The lowest BCUT2D eigenvalue weighted by atomic mass is 10.4. The Morgan fingerprint density at radius 3 is 3.06 bits per heavy atom. The van der Waals surface area contributed by atoms with Crippen LogP contribution < -0.4 is 5.32 Å². The Labute approximate surface area is 98.6 Å². The van der Waals surface area contributed by atoms with Crippen LogP contribution in [-0.2, 0) is 9.53 Å².